The zero-order valence-electron chi connectivity index (χ0n) is 10.7. The van der Waals surface area contributed by atoms with Gasteiger partial charge in [0.05, 0.1) is 6.10 Å². The molecule has 2 rings (SSSR count). The maximum absolute atomic E-state index is 5.64. The Balaban J connectivity index is 1.91. The molecule has 2 heterocycles. The van der Waals surface area contributed by atoms with Gasteiger partial charge in [0.2, 0.25) is 11.8 Å². The quantitative estimate of drug-likeness (QED) is 0.797. The van der Waals surface area contributed by atoms with Gasteiger partial charge in [-0.1, -0.05) is 6.92 Å². The van der Waals surface area contributed by atoms with Gasteiger partial charge in [-0.15, -0.1) is 0 Å². The van der Waals surface area contributed by atoms with Crippen molar-refractivity contribution in [1.29, 1.82) is 0 Å². The molecule has 1 saturated heterocycles. The summed E-state index contributed by atoms with van der Waals surface area (Å²) in [6.45, 7) is 4.28. The maximum atomic E-state index is 5.64. The van der Waals surface area contributed by atoms with Crippen molar-refractivity contribution in [3.8, 4) is 5.88 Å². The number of anilines is 2. The fourth-order valence-electron chi connectivity index (χ4n) is 1.81. The minimum absolute atomic E-state index is 0.174. The number of rotatable bonds is 6. The van der Waals surface area contributed by atoms with Gasteiger partial charge in [-0.05, 0) is 19.3 Å². The molecule has 0 bridgehead atoms. The highest BCUT2D eigenvalue weighted by Gasteiger charge is 2.16. The molecule has 0 aromatic carbocycles. The normalized spacial score (nSPS) is 18.8. The van der Waals surface area contributed by atoms with Crippen LogP contribution < -0.4 is 15.8 Å². The molecule has 3 N–H and O–H groups in total. The summed E-state index contributed by atoms with van der Waals surface area (Å²) in [7, 11) is 0. The van der Waals surface area contributed by atoms with Crippen LogP contribution in [0.1, 0.15) is 26.2 Å². The zero-order chi connectivity index (χ0) is 12.8. The Morgan fingerprint density at radius 3 is 3.17 bits per heavy atom. The lowest BCUT2D eigenvalue weighted by Gasteiger charge is -2.12. The molecule has 1 aromatic rings. The number of nitrogen functional groups attached to an aromatic ring is 1. The second-order valence-electron chi connectivity index (χ2n) is 4.32. The van der Waals surface area contributed by atoms with Crippen LogP contribution in [0.25, 0.3) is 0 Å². The molecule has 1 aromatic heterocycles. The van der Waals surface area contributed by atoms with Crippen molar-refractivity contribution in [2.24, 2.45) is 0 Å². The molecule has 1 atom stereocenters. The van der Waals surface area contributed by atoms with Crippen LogP contribution in [0.3, 0.4) is 0 Å². The second kappa shape index (κ2) is 6.39. The van der Waals surface area contributed by atoms with Crippen LogP contribution in [0.5, 0.6) is 5.88 Å². The summed E-state index contributed by atoms with van der Waals surface area (Å²) in [6.07, 6.45) is 3.34. The third-order valence-electron chi connectivity index (χ3n) is 2.72. The van der Waals surface area contributed by atoms with E-state index >= 15 is 0 Å². The first-order valence-corrected chi connectivity index (χ1v) is 6.40. The number of nitrogens with one attached hydrogen (secondary N) is 1. The predicted molar refractivity (Wildman–Crippen MR) is 69.7 cm³/mol. The van der Waals surface area contributed by atoms with E-state index in [1.807, 2.05) is 0 Å². The summed E-state index contributed by atoms with van der Waals surface area (Å²) in [5.74, 6) is 1.42. The van der Waals surface area contributed by atoms with Crippen LogP contribution in [-0.2, 0) is 4.74 Å². The van der Waals surface area contributed by atoms with Gasteiger partial charge >= 0.3 is 0 Å². The topological polar surface area (TPSA) is 82.3 Å². The second-order valence-corrected chi connectivity index (χ2v) is 4.32. The summed E-state index contributed by atoms with van der Waals surface area (Å²) in [6, 6.07) is 1.76. The first-order chi connectivity index (χ1) is 8.78. The number of ether oxygens (including phenoxy) is 2. The van der Waals surface area contributed by atoms with Gasteiger partial charge in [-0.3, -0.25) is 0 Å². The summed E-state index contributed by atoms with van der Waals surface area (Å²) in [5, 5.41) is 3.16. The molecule has 1 aliphatic heterocycles. The Hall–Kier alpha value is -1.56. The largest absolute Gasteiger partial charge is 0.475 e. The lowest BCUT2D eigenvalue weighted by Crippen LogP contribution is -2.17. The van der Waals surface area contributed by atoms with Crippen molar-refractivity contribution >= 4 is 11.8 Å². The Labute approximate surface area is 107 Å². The summed E-state index contributed by atoms with van der Waals surface area (Å²) < 4.78 is 11.1. The van der Waals surface area contributed by atoms with Crippen molar-refractivity contribution in [1.82, 2.24) is 9.97 Å². The summed E-state index contributed by atoms with van der Waals surface area (Å²) in [5.41, 5.74) is 5.64. The van der Waals surface area contributed by atoms with Crippen LogP contribution in [0.15, 0.2) is 6.07 Å². The molecule has 100 valence electrons. The van der Waals surface area contributed by atoms with Crippen LogP contribution in [0.4, 0.5) is 11.8 Å². The van der Waals surface area contributed by atoms with Crippen molar-refractivity contribution in [2.45, 2.75) is 32.3 Å². The number of nitrogens with two attached hydrogens (primary N) is 1. The van der Waals surface area contributed by atoms with E-state index in [-0.39, 0.29) is 12.1 Å². The van der Waals surface area contributed by atoms with Crippen LogP contribution in [0, 0.1) is 0 Å². The molecule has 0 saturated carbocycles. The molecule has 1 aliphatic rings. The zero-order valence-corrected chi connectivity index (χ0v) is 10.7. The first kappa shape index (κ1) is 12.9. The van der Waals surface area contributed by atoms with Crippen molar-refractivity contribution in [2.75, 3.05) is 30.8 Å². The maximum Gasteiger partial charge on any atom is 0.225 e. The molecule has 1 unspecified atom stereocenters. The predicted octanol–water partition coefficient (Wildman–Crippen LogP) is 1.44. The van der Waals surface area contributed by atoms with E-state index in [0.29, 0.717) is 18.3 Å². The van der Waals surface area contributed by atoms with E-state index in [1.165, 1.54) is 0 Å². The van der Waals surface area contributed by atoms with E-state index in [4.69, 9.17) is 15.2 Å². The standard InChI is InChI=1S/C12H20N4O2/c1-2-5-14-10-7-11(16-12(13)15-10)18-8-9-4-3-6-17-9/h7,9H,2-6,8H2,1H3,(H3,13,14,15,16). The molecular formula is C12H20N4O2. The molecule has 1 fully saturated rings. The fraction of sp³-hybridized carbons (Fsp3) is 0.667. The molecular weight excluding hydrogens is 232 g/mol. The van der Waals surface area contributed by atoms with E-state index < -0.39 is 0 Å². The fourth-order valence-corrected chi connectivity index (χ4v) is 1.81. The number of hydrogen-bond donors (Lipinski definition) is 2. The van der Waals surface area contributed by atoms with Crippen LogP contribution in [0.2, 0.25) is 0 Å². The minimum atomic E-state index is 0.174. The van der Waals surface area contributed by atoms with E-state index in [1.54, 1.807) is 6.07 Å². The van der Waals surface area contributed by atoms with Gasteiger partial charge in [-0.2, -0.15) is 9.97 Å². The highest BCUT2D eigenvalue weighted by atomic mass is 16.5. The summed E-state index contributed by atoms with van der Waals surface area (Å²) >= 11 is 0. The summed E-state index contributed by atoms with van der Waals surface area (Å²) in [4.78, 5) is 8.15. The molecule has 18 heavy (non-hydrogen) atoms. The Morgan fingerprint density at radius 1 is 1.56 bits per heavy atom. The number of aromatic nitrogens is 2. The van der Waals surface area contributed by atoms with Crippen molar-refractivity contribution in [3.63, 3.8) is 0 Å². The molecule has 0 spiro atoms. The number of nitrogens with zero attached hydrogens (tertiary/aromatic N) is 2. The van der Waals surface area contributed by atoms with Gasteiger partial charge in [0.25, 0.3) is 0 Å². The minimum Gasteiger partial charge on any atom is -0.475 e. The Kier molecular flexibility index (Phi) is 4.58. The van der Waals surface area contributed by atoms with Gasteiger partial charge in [0.15, 0.2) is 0 Å². The SMILES string of the molecule is CCCNc1cc(OCC2CCCO2)nc(N)n1. The monoisotopic (exact) mass is 252 g/mol. The van der Waals surface area contributed by atoms with E-state index in [9.17, 15) is 0 Å². The molecule has 6 nitrogen and oxygen atoms in total. The molecule has 0 radical (unpaired) electrons. The van der Waals surface area contributed by atoms with E-state index in [2.05, 4.69) is 22.2 Å². The van der Waals surface area contributed by atoms with Gasteiger partial charge in [-0.25, -0.2) is 0 Å². The van der Waals surface area contributed by atoms with Gasteiger partial charge in [0.1, 0.15) is 12.4 Å². The first-order valence-electron chi connectivity index (χ1n) is 6.40. The highest BCUT2D eigenvalue weighted by Crippen LogP contribution is 2.17. The Morgan fingerprint density at radius 2 is 2.44 bits per heavy atom. The average molecular weight is 252 g/mol. The van der Waals surface area contributed by atoms with E-state index in [0.717, 1.165) is 32.4 Å². The third-order valence-corrected chi connectivity index (χ3v) is 2.72. The van der Waals surface area contributed by atoms with Gasteiger partial charge in [0, 0.05) is 19.2 Å². The lowest BCUT2D eigenvalue weighted by molar-refractivity contribution is 0.0664. The van der Waals surface area contributed by atoms with Crippen molar-refractivity contribution in [3.05, 3.63) is 6.07 Å². The average Bonchev–Trinajstić information content (AvgIpc) is 2.86. The molecule has 0 aliphatic carbocycles. The lowest BCUT2D eigenvalue weighted by atomic mass is 10.2. The van der Waals surface area contributed by atoms with Crippen molar-refractivity contribution < 1.29 is 9.47 Å². The van der Waals surface area contributed by atoms with Crippen LogP contribution >= 0.6 is 0 Å². The smallest absolute Gasteiger partial charge is 0.225 e. The number of hydrogen-bond acceptors (Lipinski definition) is 6. The molecule has 0 amide bonds. The Bertz CT molecular complexity index is 380. The van der Waals surface area contributed by atoms with Crippen LogP contribution in [-0.4, -0.2) is 35.8 Å². The van der Waals surface area contributed by atoms with Gasteiger partial charge < -0.3 is 20.5 Å². The third kappa shape index (κ3) is 3.73. The highest BCUT2D eigenvalue weighted by molar-refractivity contribution is 5.42. The molecule has 6 heteroatoms.